The Morgan fingerprint density at radius 2 is 1.65 bits per heavy atom. The van der Waals surface area contributed by atoms with Crippen LogP contribution in [0.25, 0.3) is 5.69 Å². The van der Waals surface area contributed by atoms with Crippen LogP contribution in [0.4, 0.5) is 4.39 Å². The number of carbonyl (C=O) groups excluding carboxylic acids is 1. The van der Waals surface area contributed by atoms with Gasteiger partial charge in [-0.3, -0.25) is 4.79 Å². The maximum Gasteiger partial charge on any atom is 0.233 e. The number of aromatic nitrogens is 4. The smallest absolute Gasteiger partial charge is 0.233 e. The van der Waals surface area contributed by atoms with Crippen molar-refractivity contribution in [3.63, 3.8) is 0 Å². The third kappa shape index (κ3) is 4.80. The van der Waals surface area contributed by atoms with E-state index in [0.29, 0.717) is 10.8 Å². The van der Waals surface area contributed by atoms with Crippen LogP contribution in [0.3, 0.4) is 0 Å². The quantitative estimate of drug-likeness (QED) is 0.410. The second-order valence-electron chi connectivity index (χ2n) is 6.87. The molecule has 1 amide bonds. The molecule has 0 aliphatic carbocycles. The fourth-order valence-corrected chi connectivity index (χ4v) is 4.14. The van der Waals surface area contributed by atoms with Gasteiger partial charge in [0, 0.05) is 7.05 Å². The van der Waals surface area contributed by atoms with Gasteiger partial charge in [-0.05, 0) is 39.8 Å². The number of halogens is 1. The van der Waals surface area contributed by atoms with Gasteiger partial charge in [0.05, 0.1) is 17.5 Å². The normalized spacial score (nSPS) is 10.9. The summed E-state index contributed by atoms with van der Waals surface area (Å²) in [7, 11) is 1.79. The van der Waals surface area contributed by atoms with Crippen molar-refractivity contribution in [3.8, 4) is 5.69 Å². The van der Waals surface area contributed by atoms with E-state index in [1.807, 2.05) is 60.7 Å². The Labute approximate surface area is 183 Å². The highest BCUT2D eigenvalue weighted by Gasteiger charge is 2.24. The van der Waals surface area contributed by atoms with Gasteiger partial charge in [-0.1, -0.05) is 78.5 Å². The fraction of sp³-hybridized carbons (Fsp3) is 0.130. The summed E-state index contributed by atoms with van der Waals surface area (Å²) in [4.78, 5) is 14.8. The molecule has 0 radical (unpaired) electrons. The maximum absolute atomic E-state index is 13.6. The lowest BCUT2D eigenvalue weighted by Crippen LogP contribution is -2.33. The Balaban J connectivity index is 1.52. The van der Waals surface area contributed by atoms with Gasteiger partial charge < -0.3 is 4.90 Å². The Hall–Kier alpha value is -3.52. The van der Waals surface area contributed by atoms with Gasteiger partial charge in [-0.25, -0.2) is 4.39 Å². The summed E-state index contributed by atoms with van der Waals surface area (Å²) in [6.45, 7) is 0. The molecule has 0 spiro atoms. The molecule has 0 saturated heterocycles. The Bertz CT molecular complexity index is 1110. The van der Waals surface area contributed by atoms with Crippen molar-refractivity contribution in [1.29, 1.82) is 0 Å². The predicted molar refractivity (Wildman–Crippen MR) is 117 cm³/mol. The zero-order chi connectivity index (χ0) is 21.6. The third-order valence-corrected chi connectivity index (χ3v) is 5.73. The maximum atomic E-state index is 13.6. The number of hydrogen-bond acceptors (Lipinski definition) is 5. The molecule has 8 heteroatoms. The monoisotopic (exact) mass is 433 g/mol. The van der Waals surface area contributed by atoms with Crippen molar-refractivity contribution < 1.29 is 9.18 Å². The van der Waals surface area contributed by atoms with E-state index in [1.165, 1.54) is 28.6 Å². The van der Waals surface area contributed by atoms with E-state index in [1.54, 1.807) is 24.1 Å². The molecule has 31 heavy (non-hydrogen) atoms. The second kappa shape index (κ2) is 9.53. The number of tetrazole rings is 1. The highest BCUT2D eigenvalue weighted by molar-refractivity contribution is 7.99. The van der Waals surface area contributed by atoms with Crippen LogP contribution in [-0.2, 0) is 4.79 Å². The minimum atomic E-state index is -0.381. The van der Waals surface area contributed by atoms with Gasteiger partial charge >= 0.3 is 0 Å². The van der Waals surface area contributed by atoms with Gasteiger partial charge in [0.1, 0.15) is 5.82 Å². The number of nitrogens with zero attached hydrogens (tertiary/aromatic N) is 5. The Kier molecular flexibility index (Phi) is 6.37. The molecule has 0 aliphatic heterocycles. The number of carbonyl (C=O) groups is 1. The van der Waals surface area contributed by atoms with E-state index in [4.69, 9.17) is 0 Å². The van der Waals surface area contributed by atoms with Crippen molar-refractivity contribution in [2.75, 3.05) is 12.8 Å². The van der Waals surface area contributed by atoms with E-state index in [9.17, 15) is 9.18 Å². The number of rotatable bonds is 7. The highest BCUT2D eigenvalue weighted by atomic mass is 32.2. The first-order valence-corrected chi connectivity index (χ1v) is 10.6. The molecule has 0 atom stereocenters. The molecular formula is C23H20FN5OS. The summed E-state index contributed by atoms with van der Waals surface area (Å²) in [5.74, 6) is -0.313. The second-order valence-corrected chi connectivity index (χ2v) is 7.81. The van der Waals surface area contributed by atoms with Crippen LogP contribution in [0, 0.1) is 5.82 Å². The van der Waals surface area contributed by atoms with Crippen LogP contribution in [0.5, 0.6) is 0 Å². The Morgan fingerprint density at radius 1 is 1.00 bits per heavy atom. The molecule has 0 N–H and O–H groups in total. The van der Waals surface area contributed by atoms with E-state index in [2.05, 4.69) is 15.5 Å². The summed E-state index contributed by atoms with van der Waals surface area (Å²) in [6, 6.07) is 25.6. The minimum Gasteiger partial charge on any atom is -0.334 e. The largest absolute Gasteiger partial charge is 0.334 e. The van der Waals surface area contributed by atoms with E-state index >= 15 is 0 Å². The topological polar surface area (TPSA) is 63.9 Å². The van der Waals surface area contributed by atoms with Crippen LogP contribution in [0.2, 0.25) is 0 Å². The fourth-order valence-electron chi connectivity index (χ4n) is 3.32. The molecule has 0 fully saturated rings. The Morgan fingerprint density at radius 3 is 2.26 bits per heavy atom. The van der Waals surface area contributed by atoms with Gasteiger partial charge in [0.15, 0.2) is 0 Å². The highest BCUT2D eigenvalue weighted by Crippen LogP contribution is 2.28. The first-order valence-electron chi connectivity index (χ1n) is 9.66. The molecular weight excluding hydrogens is 413 g/mol. The van der Waals surface area contributed by atoms with Crippen molar-refractivity contribution in [3.05, 3.63) is 102 Å². The summed E-state index contributed by atoms with van der Waals surface area (Å²) >= 11 is 1.21. The first-order chi connectivity index (χ1) is 15.1. The van der Waals surface area contributed by atoms with Gasteiger partial charge in [-0.2, -0.15) is 4.68 Å². The zero-order valence-corrected chi connectivity index (χ0v) is 17.6. The minimum absolute atomic E-state index is 0.0727. The average molecular weight is 434 g/mol. The van der Waals surface area contributed by atoms with Crippen LogP contribution in [0.15, 0.2) is 90.1 Å². The molecule has 0 saturated carbocycles. The van der Waals surface area contributed by atoms with Crippen LogP contribution >= 0.6 is 11.8 Å². The van der Waals surface area contributed by atoms with Crippen molar-refractivity contribution in [2.45, 2.75) is 11.2 Å². The van der Waals surface area contributed by atoms with Crippen LogP contribution in [0.1, 0.15) is 17.2 Å². The summed E-state index contributed by atoms with van der Waals surface area (Å²) < 4.78 is 15.0. The van der Waals surface area contributed by atoms with E-state index in [0.717, 1.165) is 11.1 Å². The zero-order valence-electron chi connectivity index (χ0n) is 16.8. The van der Waals surface area contributed by atoms with Crippen molar-refractivity contribution in [1.82, 2.24) is 25.1 Å². The number of hydrogen-bond donors (Lipinski definition) is 0. The number of benzene rings is 3. The first kappa shape index (κ1) is 20.7. The molecule has 6 nitrogen and oxygen atoms in total. The van der Waals surface area contributed by atoms with Gasteiger partial charge in [0.25, 0.3) is 0 Å². The van der Waals surface area contributed by atoms with Crippen LogP contribution in [-0.4, -0.2) is 43.8 Å². The number of thioether (sulfide) groups is 1. The van der Waals surface area contributed by atoms with Gasteiger partial charge in [0.2, 0.25) is 11.1 Å². The lowest BCUT2D eigenvalue weighted by Gasteiger charge is -2.29. The lowest BCUT2D eigenvalue weighted by atomic mass is 9.97. The van der Waals surface area contributed by atoms with Crippen LogP contribution < -0.4 is 0 Å². The van der Waals surface area contributed by atoms with E-state index in [-0.39, 0.29) is 23.5 Å². The molecule has 1 aromatic heterocycles. The lowest BCUT2D eigenvalue weighted by molar-refractivity contribution is -0.128. The SMILES string of the molecule is CN(C(=O)CSc1nnnn1-c1cccc(F)c1)C(c1ccccc1)c1ccccc1. The number of amides is 1. The summed E-state index contributed by atoms with van der Waals surface area (Å²) in [6.07, 6.45) is 0. The van der Waals surface area contributed by atoms with Crippen molar-refractivity contribution >= 4 is 17.7 Å². The average Bonchev–Trinajstić information content (AvgIpc) is 3.28. The van der Waals surface area contributed by atoms with Crippen molar-refractivity contribution in [2.24, 2.45) is 0 Å². The third-order valence-electron chi connectivity index (χ3n) is 4.83. The molecule has 0 unspecified atom stereocenters. The molecule has 4 aromatic rings. The molecule has 156 valence electrons. The predicted octanol–water partition coefficient (Wildman–Crippen LogP) is 4.14. The summed E-state index contributed by atoms with van der Waals surface area (Å²) in [5.41, 5.74) is 2.55. The molecule has 1 heterocycles. The molecule has 4 rings (SSSR count). The molecule has 0 bridgehead atoms. The van der Waals surface area contributed by atoms with Gasteiger partial charge in [-0.15, -0.1) is 5.10 Å². The molecule has 0 aliphatic rings. The standard InChI is InChI=1S/C23H20FN5OS/c1-28(22(17-9-4-2-5-10-17)18-11-6-3-7-12-18)21(30)16-31-23-25-26-27-29(23)20-14-8-13-19(24)15-20/h2-15,22H,16H2,1H3. The summed E-state index contributed by atoms with van der Waals surface area (Å²) in [5, 5.41) is 12.0. The van der Waals surface area contributed by atoms with E-state index < -0.39 is 0 Å². The molecule has 3 aromatic carbocycles.